The summed E-state index contributed by atoms with van der Waals surface area (Å²) < 4.78 is 5.41. The molecule has 0 amide bonds. The minimum atomic E-state index is -0.117. The average molecular weight is 299 g/mol. The molecule has 0 spiro atoms. The van der Waals surface area contributed by atoms with Gasteiger partial charge in [0.25, 0.3) is 0 Å². The van der Waals surface area contributed by atoms with E-state index in [1.165, 1.54) is 12.5 Å². The van der Waals surface area contributed by atoms with E-state index < -0.39 is 0 Å². The molecular formula is C16H11ClN2O2. The molecule has 0 radical (unpaired) electrons. The van der Waals surface area contributed by atoms with Crippen molar-refractivity contribution in [3.8, 4) is 0 Å². The van der Waals surface area contributed by atoms with Gasteiger partial charge in [-0.2, -0.15) is 5.10 Å². The summed E-state index contributed by atoms with van der Waals surface area (Å²) in [5.41, 5.74) is 4.37. The van der Waals surface area contributed by atoms with Crippen LogP contribution in [0.5, 0.6) is 0 Å². The summed E-state index contributed by atoms with van der Waals surface area (Å²) in [6.45, 7) is 0. The van der Waals surface area contributed by atoms with Gasteiger partial charge in [0.1, 0.15) is 11.8 Å². The lowest BCUT2D eigenvalue weighted by molar-refractivity contribution is 0.601. The van der Waals surface area contributed by atoms with Gasteiger partial charge < -0.3 is 4.42 Å². The van der Waals surface area contributed by atoms with E-state index in [1.54, 1.807) is 30.3 Å². The van der Waals surface area contributed by atoms with Crippen molar-refractivity contribution in [3.05, 3.63) is 75.6 Å². The van der Waals surface area contributed by atoms with Crippen LogP contribution in [-0.2, 0) is 0 Å². The van der Waals surface area contributed by atoms with E-state index in [2.05, 4.69) is 10.5 Å². The van der Waals surface area contributed by atoms with Crippen LogP contribution in [0.3, 0.4) is 0 Å². The Morgan fingerprint density at radius 3 is 2.86 bits per heavy atom. The SMILES string of the molecule is O=c1c(/C=N/Nc2cccc(Cl)c2)coc2ccccc12. The highest BCUT2D eigenvalue weighted by molar-refractivity contribution is 6.30. The summed E-state index contributed by atoms with van der Waals surface area (Å²) in [4.78, 5) is 12.2. The second-order valence-corrected chi connectivity index (χ2v) is 4.83. The number of fused-ring (bicyclic) bond motifs is 1. The van der Waals surface area contributed by atoms with Gasteiger partial charge in [0.05, 0.1) is 22.9 Å². The first kappa shape index (κ1) is 13.4. The van der Waals surface area contributed by atoms with E-state index in [0.717, 1.165) is 5.69 Å². The third-order valence-corrected chi connectivity index (χ3v) is 3.16. The van der Waals surface area contributed by atoms with Gasteiger partial charge in [-0.15, -0.1) is 0 Å². The van der Waals surface area contributed by atoms with Crippen LogP contribution in [0.15, 0.2) is 69.1 Å². The van der Waals surface area contributed by atoms with Crippen LogP contribution in [0.4, 0.5) is 5.69 Å². The number of para-hydroxylation sites is 1. The molecular weight excluding hydrogens is 288 g/mol. The molecule has 0 bridgehead atoms. The van der Waals surface area contributed by atoms with Crippen molar-refractivity contribution in [2.24, 2.45) is 5.10 Å². The zero-order valence-electron chi connectivity index (χ0n) is 10.9. The molecule has 0 aliphatic rings. The number of nitrogens with one attached hydrogen (secondary N) is 1. The van der Waals surface area contributed by atoms with Crippen molar-refractivity contribution < 1.29 is 4.42 Å². The summed E-state index contributed by atoms with van der Waals surface area (Å²) in [7, 11) is 0. The molecule has 3 rings (SSSR count). The molecule has 4 nitrogen and oxygen atoms in total. The maximum Gasteiger partial charge on any atom is 0.201 e. The lowest BCUT2D eigenvalue weighted by atomic mass is 10.2. The molecule has 0 fully saturated rings. The quantitative estimate of drug-likeness (QED) is 0.589. The Morgan fingerprint density at radius 1 is 1.14 bits per heavy atom. The fourth-order valence-corrected chi connectivity index (χ4v) is 2.11. The summed E-state index contributed by atoms with van der Waals surface area (Å²) in [5.74, 6) is 0. The van der Waals surface area contributed by atoms with Crippen LogP contribution >= 0.6 is 11.6 Å². The number of rotatable bonds is 3. The van der Waals surface area contributed by atoms with Gasteiger partial charge in [0.2, 0.25) is 5.43 Å². The second kappa shape index (κ2) is 5.81. The molecule has 5 heteroatoms. The van der Waals surface area contributed by atoms with Crippen molar-refractivity contribution in [3.63, 3.8) is 0 Å². The zero-order valence-corrected chi connectivity index (χ0v) is 11.7. The number of benzene rings is 2. The smallest absolute Gasteiger partial charge is 0.201 e. The molecule has 104 valence electrons. The van der Waals surface area contributed by atoms with Gasteiger partial charge in [-0.1, -0.05) is 29.8 Å². The van der Waals surface area contributed by atoms with Gasteiger partial charge in [-0.25, -0.2) is 0 Å². The summed E-state index contributed by atoms with van der Waals surface area (Å²) in [6, 6.07) is 14.2. The van der Waals surface area contributed by atoms with E-state index in [4.69, 9.17) is 16.0 Å². The number of nitrogens with zero attached hydrogens (tertiary/aromatic N) is 1. The Labute approximate surface area is 125 Å². The van der Waals surface area contributed by atoms with Crippen LogP contribution in [-0.4, -0.2) is 6.21 Å². The van der Waals surface area contributed by atoms with E-state index in [0.29, 0.717) is 21.6 Å². The number of hydrazone groups is 1. The monoisotopic (exact) mass is 298 g/mol. The molecule has 0 atom stereocenters. The predicted molar refractivity (Wildman–Crippen MR) is 85.2 cm³/mol. The van der Waals surface area contributed by atoms with Crippen LogP contribution in [0, 0.1) is 0 Å². The Kier molecular flexibility index (Phi) is 3.71. The molecule has 0 aliphatic heterocycles. The van der Waals surface area contributed by atoms with E-state index >= 15 is 0 Å². The molecule has 3 aromatic rings. The minimum Gasteiger partial charge on any atom is -0.463 e. The van der Waals surface area contributed by atoms with Crippen molar-refractivity contribution in [2.45, 2.75) is 0 Å². The Bertz CT molecular complexity index is 871. The highest BCUT2D eigenvalue weighted by atomic mass is 35.5. The molecule has 21 heavy (non-hydrogen) atoms. The molecule has 0 saturated heterocycles. The van der Waals surface area contributed by atoms with Crippen molar-refractivity contribution in [1.29, 1.82) is 0 Å². The molecule has 1 aromatic heterocycles. The fraction of sp³-hybridized carbons (Fsp3) is 0. The molecule has 2 aromatic carbocycles. The van der Waals surface area contributed by atoms with Crippen LogP contribution < -0.4 is 10.9 Å². The maximum atomic E-state index is 12.2. The lowest BCUT2D eigenvalue weighted by Gasteiger charge is -2.00. The number of halogens is 1. The van der Waals surface area contributed by atoms with E-state index in [9.17, 15) is 4.79 Å². The first-order chi connectivity index (χ1) is 10.2. The summed E-state index contributed by atoms with van der Waals surface area (Å²) >= 11 is 5.87. The summed E-state index contributed by atoms with van der Waals surface area (Å²) in [6.07, 6.45) is 2.83. The van der Waals surface area contributed by atoms with Gasteiger partial charge in [-0.3, -0.25) is 10.2 Å². The molecule has 0 saturated carbocycles. The number of hydrogen-bond acceptors (Lipinski definition) is 4. The minimum absolute atomic E-state index is 0.117. The topological polar surface area (TPSA) is 54.6 Å². The molecule has 0 unspecified atom stereocenters. The average Bonchev–Trinajstić information content (AvgIpc) is 2.50. The molecule has 1 N–H and O–H groups in total. The molecule has 1 heterocycles. The number of hydrogen-bond donors (Lipinski definition) is 1. The van der Waals surface area contributed by atoms with Crippen molar-refractivity contribution in [2.75, 3.05) is 5.43 Å². The van der Waals surface area contributed by atoms with E-state index in [1.807, 2.05) is 18.2 Å². The van der Waals surface area contributed by atoms with Crippen molar-refractivity contribution in [1.82, 2.24) is 0 Å². The zero-order chi connectivity index (χ0) is 14.7. The fourth-order valence-electron chi connectivity index (χ4n) is 1.92. The second-order valence-electron chi connectivity index (χ2n) is 4.40. The first-order valence-corrected chi connectivity index (χ1v) is 6.67. The largest absolute Gasteiger partial charge is 0.463 e. The Balaban J connectivity index is 1.86. The maximum absolute atomic E-state index is 12.2. The first-order valence-electron chi connectivity index (χ1n) is 6.29. The van der Waals surface area contributed by atoms with Gasteiger partial charge in [0.15, 0.2) is 0 Å². The third-order valence-electron chi connectivity index (χ3n) is 2.93. The van der Waals surface area contributed by atoms with Gasteiger partial charge in [-0.05, 0) is 30.3 Å². The highest BCUT2D eigenvalue weighted by Gasteiger charge is 2.03. The van der Waals surface area contributed by atoms with Gasteiger partial charge in [0, 0.05) is 5.02 Å². The normalized spacial score (nSPS) is 11.1. The van der Waals surface area contributed by atoms with Gasteiger partial charge >= 0.3 is 0 Å². The predicted octanol–water partition coefficient (Wildman–Crippen LogP) is 3.89. The van der Waals surface area contributed by atoms with E-state index in [-0.39, 0.29) is 5.43 Å². The van der Waals surface area contributed by atoms with Crippen LogP contribution in [0.1, 0.15) is 5.56 Å². The summed E-state index contributed by atoms with van der Waals surface area (Å²) in [5, 5.41) is 5.17. The third kappa shape index (κ3) is 2.95. The number of anilines is 1. The van der Waals surface area contributed by atoms with Crippen molar-refractivity contribution >= 4 is 34.5 Å². The van der Waals surface area contributed by atoms with Crippen LogP contribution in [0.25, 0.3) is 11.0 Å². The standard InChI is InChI=1S/C16H11ClN2O2/c17-12-4-3-5-13(8-12)19-18-9-11-10-21-15-7-2-1-6-14(15)16(11)20/h1-10,19H/b18-9+. The Hall–Kier alpha value is -2.59. The molecule has 0 aliphatic carbocycles. The Morgan fingerprint density at radius 2 is 2.00 bits per heavy atom. The lowest BCUT2D eigenvalue weighted by Crippen LogP contribution is -2.08. The van der Waals surface area contributed by atoms with Crippen LogP contribution in [0.2, 0.25) is 5.02 Å². The highest BCUT2D eigenvalue weighted by Crippen LogP contribution is 2.14.